The summed E-state index contributed by atoms with van der Waals surface area (Å²) < 4.78 is 11.7. The third-order valence-corrected chi connectivity index (χ3v) is 4.85. The monoisotopic (exact) mass is 315 g/mol. The molecule has 0 aromatic heterocycles. The summed E-state index contributed by atoms with van der Waals surface area (Å²) in [5, 5.41) is 2.35. The van der Waals surface area contributed by atoms with Crippen molar-refractivity contribution in [3.8, 4) is 0 Å². The fraction of sp³-hybridized carbons (Fsp3) is 0.812. The smallest absolute Gasteiger partial charge is 0.0584 e. The van der Waals surface area contributed by atoms with Crippen molar-refractivity contribution in [1.82, 2.24) is 0 Å². The Kier molecular flexibility index (Phi) is 16.5. The van der Waals surface area contributed by atoms with Gasteiger partial charge in [-0.15, -0.1) is 6.58 Å². The van der Waals surface area contributed by atoms with Crippen molar-refractivity contribution >= 4 is 28.2 Å². The number of hydrogen-bond donors (Lipinski definition) is 0. The van der Waals surface area contributed by atoms with Crippen LogP contribution in [0.4, 0.5) is 0 Å². The van der Waals surface area contributed by atoms with E-state index < -0.39 is 10.8 Å². The van der Waals surface area contributed by atoms with Crippen LogP contribution in [0.25, 0.3) is 0 Å². The minimum Gasteiger partial charge on any atom is -0.260 e. The second kappa shape index (κ2) is 16.7. The molecule has 0 fully saturated rings. The van der Waals surface area contributed by atoms with Gasteiger partial charge in [0.15, 0.2) is 0 Å². The van der Waals surface area contributed by atoms with Gasteiger partial charge in [-0.1, -0.05) is 38.2 Å². The van der Waals surface area contributed by atoms with Gasteiger partial charge in [-0.25, -0.2) is 4.99 Å². The van der Waals surface area contributed by atoms with Gasteiger partial charge in [0.1, 0.15) is 0 Å². The van der Waals surface area contributed by atoms with Crippen molar-refractivity contribution in [2.24, 2.45) is 4.99 Å². The molecule has 0 heterocycles. The van der Waals surface area contributed by atoms with Gasteiger partial charge >= 0.3 is 0 Å². The first-order valence-corrected chi connectivity index (χ1v) is 9.70. The first-order chi connectivity index (χ1) is 9.81. The van der Waals surface area contributed by atoms with Crippen LogP contribution in [0.15, 0.2) is 17.6 Å². The zero-order chi connectivity index (χ0) is 14.9. The minimum atomic E-state index is -0.636. The molecular formula is C16H29NOS2. The van der Waals surface area contributed by atoms with E-state index in [-0.39, 0.29) is 0 Å². The lowest BCUT2D eigenvalue weighted by Crippen LogP contribution is -2.03. The van der Waals surface area contributed by atoms with Crippen LogP contribution >= 0.6 is 12.2 Å². The van der Waals surface area contributed by atoms with E-state index in [0.717, 1.165) is 43.7 Å². The molecule has 0 aromatic rings. The Bertz CT molecular complexity index is 299. The van der Waals surface area contributed by atoms with Crippen LogP contribution < -0.4 is 0 Å². The molecule has 0 unspecified atom stereocenters. The Morgan fingerprint density at radius 3 is 2.10 bits per heavy atom. The van der Waals surface area contributed by atoms with E-state index in [2.05, 4.69) is 29.0 Å². The highest BCUT2D eigenvalue weighted by Crippen LogP contribution is 2.09. The number of thiocarbonyl (C=S) groups is 1. The normalized spacial score (nSPS) is 11.8. The van der Waals surface area contributed by atoms with E-state index in [0.29, 0.717) is 0 Å². The number of rotatable bonds is 15. The third-order valence-electron chi connectivity index (χ3n) is 3.24. The topological polar surface area (TPSA) is 29.4 Å². The van der Waals surface area contributed by atoms with Gasteiger partial charge in [0.2, 0.25) is 0 Å². The van der Waals surface area contributed by atoms with Crippen LogP contribution in [0.2, 0.25) is 0 Å². The summed E-state index contributed by atoms with van der Waals surface area (Å²) in [5.41, 5.74) is 0. The number of isothiocyanates is 1. The van der Waals surface area contributed by atoms with Gasteiger partial charge in [-0.2, -0.15) is 0 Å². The number of unbranched alkanes of at least 4 members (excludes halogenated alkanes) is 8. The maximum Gasteiger partial charge on any atom is 0.0584 e. The van der Waals surface area contributed by atoms with Crippen molar-refractivity contribution in [3.05, 3.63) is 12.7 Å². The summed E-state index contributed by atoms with van der Waals surface area (Å²) in [6, 6.07) is 0. The molecule has 0 aliphatic carbocycles. The van der Waals surface area contributed by atoms with E-state index in [1.165, 1.54) is 38.5 Å². The molecule has 0 aromatic carbocycles. The maximum absolute atomic E-state index is 11.7. The quantitative estimate of drug-likeness (QED) is 0.186. The molecule has 1 atom stereocenters. The molecule has 0 spiro atoms. The molecule has 0 aliphatic heterocycles. The molecular weight excluding hydrogens is 286 g/mol. The highest BCUT2D eigenvalue weighted by Gasteiger charge is 1.99. The molecule has 20 heavy (non-hydrogen) atoms. The standard InChI is InChI=1S/C16H29NOS2/c1-2-3-4-5-6-7-8-9-11-14-20(18)15-12-10-13-17-16-19/h2H,1,3-15H2/t20-/m1/s1. The largest absolute Gasteiger partial charge is 0.260 e. The van der Waals surface area contributed by atoms with Crippen LogP contribution in [0.3, 0.4) is 0 Å². The van der Waals surface area contributed by atoms with E-state index in [9.17, 15) is 4.21 Å². The summed E-state index contributed by atoms with van der Waals surface area (Å²) in [7, 11) is -0.636. The summed E-state index contributed by atoms with van der Waals surface area (Å²) in [5.74, 6) is 1.68. The molecule has 0 saturated heterocycles. The average molecular weight is 316 g/mol. The van der Waals surface area contributed by atoms with E-state index >= 15 is 0 Å². The average Bonchev–Trinajstić information content (AvgIpc) is 2.45. The van der Waals surface area contributed by atoms with Gasteiger partial charge in [-0.05, 0) is 44.3 Å². The van der Waals surface area contributed by atoms with Crippen LogP contribution in [-0.4, -0.2) is 27.4 Å². The second-order valence-electron chi connectivity index (χ2n) is 5.08. The van der Waals surface area contributed by atoms with Gasteiger partial charge in [0, 0.05) is 28.9 Å². The first-order valence-electron chi connectivity index (χ1n) is 7.80. The molecule has 0 N–H and O–H groups in total. The van der Waals surface area contributed by atoms with Crippen molar-refractivity contribution in [3.63, 3.8) is 0 Å². The molecule has 116 valence electrons. The minimum absolute atomic E-state index is 0.636. The number of hydrogen-bond acceptors (Lipinski definition) is 3. The van der Waals surface area contributed by atoms with E-state index in [4.69, 9.17) is 0 Å². The summed E-state index contributed by atoms with van der Waals surface area (Å²) in [4.78, 5) is 3.85. The summed E-state index contributed by atoms with van der Waals surface area (Å²) in [6.07, 6.45) is 14.0. The van der Waals surface area contributed by atoms with Gasteiger partial charge in [-0.3, -0.25) is 4.21 Å². The number of aliphatic imine (C=N–C) groups is 1. The van der Waals surface area contributed by atoms with Crippen molar-refractivity contribution in [2.75, 3.05) is 18.1 Å². The van der Waals surface area contributed by atoms with Crippen molar-refractivity contribution in [2.45, 2.75) is 64.2 Å². The van der Waals surface area contributed by atoms with Crippen LogP contribution in [-0.2, 0) is 10.8 Å². The number of nitrogens with zero attached hydrogens (tertiary/aromatic N) is 1. The first kappa shape index (κ1) is 19.7. The van der Waals surface area contributed by atoms with Crippen molar-refractivity contribution < 1.29 is 4.21 Å². The summed E-state index contributed by atoms with van der Waals surface area (Å²) in [6.45, 7) is 4.46. The van der Waals surface area contributed by atoms with Crippen LogP contribution in [0.1, 0.15) is 64.2 Å². The van der Waals surface area contributed by atoms with Gasteiger partial charge in [0.25, 0.3) is 0 Å². The Hall–Kier alpha value is -0.310. The number of allylic oxidation sites excluding steroid dienone is 1. The lowest BCUT2D eigenvalue weighted by atomic mass is 10.1. The Balaban J connectivity index is 3.18. The SMILES string of the molecule is C=CCCCCCCCCC[S@@](=O)CCCCN=C=S. The second-order valence-corrected chi connectivity index (χ2v) is 6.96. The highest BCUT2D eigenvalue weighted by molar-refractivity contribution is 7.84. The Morgan fingerprint density at radius 1 is 0.950 bits per heavy atom. The zero-order valence-corrected chi connectivity index (χ0v) is 14.3. The molecule has 4 heteroatoms. The maximum atomic E-state index is 11.7. The predicted molar refractivity (Wildman–Crippen MR) is 94.1 cm³/mol. The highest BCUT2D eigenvalue weighted by atomic mass is 32.2. The van der Waals surface area contributed by atoms with E-state index in [1.54, 1.807) is 0 Å². The van der Waals surface area contributed by atoms with Crippen molar-refractivity contribution in [1.29, 1.82) is 0 Å². The van der Waals surface area contributed by atoms with Gasteiger partial charge < -0.3 is 0 Å². The lowest BCUT2D eigenvalue weighted by molar-refractivity contribution is 0.591. The molecule has 0 amide bonds. The zero-order valence-electron chi connectivity index (χ0n) is 12.6. The molecule has 0 aliphatic rings. The molecule has 0 bridgehead atoms. The van der Waals surface area contributed by atoms with Gasteiger partial charge in [0.05, 0.1) is 5.16 Å². The van der Waals surface area contributed by atoms with Crippen LogP contribution in [0, 0.1) is 0 Å². The molecule has 0 rings (SSSR count). The van der Waals surface area contributed by atoms with Crippen LogP contribution in [0.5, 0.6) is 0 Å². The fourth-order valence-electron chi connectivity index (χ4n) is 2.04. The Labute approximate surface area is 132 Å². The molecule has 0 saturated carbocycles. The van der Waals surface area contributed by atoms with E-state index in [1.807, 2.05) is 6.08 Å². The third kappa shape index (κ3) is 15.7. The molecule has 2 nitrogen and oxygen atoms in total. The fourth-order valence-corrected chi connectivity index (χ4v) is 3.38. The lowest BCUT2D eigenvalue weighted by Gasteiger charge is -2.03. The Morgan fingerprint density at radius 2 is 1.50 bits per heavy atom. The molecule has 0 radical (unpaired) electrons. The summed E-state index contributed by atoms with van der Waals surface area (Å²) >= 11 is 4.49. The predicted octanol–water partition coefficient (Wildman–Crippen LogP) is 4.92.